The largest absolute Gasteiger partial charge is 0.490 e. The highest BCUT2D eigenvalue weighted by Gasteiger charge is 2.19. The number of hydrogen-bond acceptors (Lipinski definition) is 6. The molecule has 7 aromatic carbocycles. The first-order chi connectivity index (χ1) is 23.0. The van der Waals surface area contributed by atoms with Crippen molar-refractivity contribution in [2.75, 3.05) is 26.4 Å². The molecule has 0 aliphatic rings. The summed E-state index contributed by atoms with van der Waals surface area (Å²) in [6, 6.07) is 40.9. The summed E-state index contributed by atoms with van der Waals surface area (Å²) in [4.78, 5) is 0. The van der Waals surface area contributed by atoms with Crippen molar-refractivity contribution in [1.29, 1.82) is 0 Å². The molecule has 0 heterocycles. The van der Waals surface area contributed by atoms with Gasteiger partial charge in [0, 0.05) is 37.3 Å². The Kier molecular flexibility index (Phi) is 8.98. The van der Waals surface area contributed by atoms with Gasteiger partial charge in [-0.25, -0.2) is 0 Å². The minimum Gasteiger partial charge on any atom is -0.490 e. The zero-order valence-corrected chi connectivity index (χ0v) is 26.3. The highest BCUT2D eigenvalue weighted by Crippen LogP contribution is 2.44. The van der Waals surface area contributed by atoms with Crippen LogP contribution in [-0.4, -0.2) is 48.8 Å². The van der Waals surface area contributed by atoms with Gasteiger partial charge in [-0.2, -0.15) is 0 Å². The maximum absolute atomic E-state index is 10.9. The molecule has 0 aromatic heterocycles. The van der Waals surface area contributed by atoms with Crippen molar-refractivity contribution in [2.45, 2.75) is 12.2 Å². The van der Waals surface area contributed by atoms with E-state index in [4.69, 9.17) is 30.5 Å². The van der Waals surface area contributed by atoms with Gasteiger partial charge in [-0.1, -0.05) is 109 Å². The number of fused-ring (bicyclic) bond motifs is 4. The van der Waals surface area contributed by atoms with E-state index in [0.29, 0.717) is 28.0 Å². The van der Waals surface area contributed by atoms with E-state index in [0.717, 1.165) is 43.1 Å². The van der Waals surface area contributed by atoms with Crippen molar-refractivity contribution in [2.24, 2.45) is 0 Å². The molecular weight excluding hydrogens is 612 g/mol. The number of ether oxygens (including phenoxy) is 4. The highest BCUT2D eigenvalue weighted by atomic mass is 35.5. The Labute approximate surface area is 277 Å². The van der Waals surface area contributed by atoms with Crippen LogP contribution in [0, 0.1) is 0 Å². The summed E-state index contributed by atoms with van der Waals surface area (Å²) in [7, 11) is 0. The van der Waals surface area contributed by atoms with Crippen LogP contribution in [0.2, 0.25) is 5.02 Å². The number of halogens is 1. The molecule has 6 nitrogen and oxygen atoms in total. The smallest absolute Gasteiger partial charge is 0.135 e. The lowest BCUT2D eigenvalue weighted by atomic mass is 10.0. The van der Waals surface area contributed by atoms with E-state index in [1.807, 2.05) is 121 Å². The maximum Gasteiger partial charge on any atom is 0.135 e. The monoisotopic (exact) mass is 644 g/mol. The van der Waals surface area contributed by atoms with Crippen LogP contribution < -0.4 is 18.9 Å². The quantitative estimate of drug-likeness (QED) is 0.130. The third-order valence-electron chi connectivity index (χ3n) is 8.09. The third-order valence-corrected chi connectivity index (χ3v) is 8.32. The SMILES string of the molecule is OC(COc1cccc2ccccc12)COc1c2ccccc2c(OCC(O)COc2cccc3ccccc23)c2cc(Cl)ccc12. The van der Waals surface area contributed by atoms with Gasteiger partial charge in [0.1, 0.15) is 61.6 Å². The molecule has 0 saturated heterocycles. The number of benzene rings is 7. The highest BCUT2D eigenvalue weighted by molar-refractivity contribution is 6.31. The lowest BCUT2D eigenvalue weighted by molar-refractivity contribution is 0.0634. The van der Waals surface area contributed by atoms with Gasteiger partial charge in [0.15, 0.2) is 0 Å². The first kappa shape index (κ1) is 30.6. The fourth-order valence-electron chi connectivity index (χ4n) is 5.85. The van der Waals surface area contributed by atoms with E-state index in [9.17, 15) is 10.2 Å². The molecule has 0 aliphatic heterocycles. The van der Waals surface area contributed by atoms with E-state index in [1.54, 1.807) is 6.07 Å². The van der Waals surface area contributed by atoms with E-state index in [2.05, 4.69) is 0 Å². The average Bonchev–Trinajstić information content (AvgIpc) is 3.11. The number of hydrogen-bond donors (Lipinski definition) is 2. The Hall–Kier alpha value is -5.01. The molecule has 0 radical (unpaired) electrons. The van der Waals surface area contributed by atoms with Crippen molar-refractivity contribution >= 4 is 54.7 Å². The molecule has 2 unspecified atom stereocenters. The van der Waals surface area contributed by atoms with Crippen molar-refractivity contribution in [3.05, 3.63) is 132 Å². The standard InChI is InChI=1S/C40H33ClO6/c41-28-19-20-35-36(21-28)40(47-25-30(43)23-45-38-18-8-12-27-10-2-4-14-32(27)38)34-16-6-5-15-33(34)39(35)46-24-29(42)22-44-37-17-7-11-26-9-1-3-13-31(26)37/h1-21,29-30,42-43H,22-25H2. The van der Waals surface area contributed by atoms with Gasteiger partial charge in [-0.05, 0) is 41.1 Å². The predicted octanol–water partition coefficient (Wildman–Crippen LogP) is 8.59. The second-order valence-electron chi connectivity index (χ2n) is 11.4. The Bertz CT molecular complexity index is 2170. The Morgan fingerprint density at radius 3 is 1.36 bits per heavy atom. The topological polar surface area (TPSA) is 77.4 Å². The Morgan fingerprint density at radius 1 is 0.426 bits per heavy atom. The molecule has 7 heteroatoms. The Morgan fingerprint density at radius 2 is 0.830 bits per heavy atom. The summed E-state index contributed by atoms with van der Waals surface area (Å²) in [5.74, 6) is 2.59. The summed E-state index contributed by atoms with van der Waals surface area (Å²) < 4.78 is 24.6. The first-order valence-electron chi connectivity index (χ1n) is 15.5. The normalized spacial score (nSPS) is 12.7. The molecular formula is C40H33ClO6. The van der Waals surface area contributed by atoms with Crippen LogP contribution in [-0.2, 0) is 0 Å². The molecule has 7 rings (SSSR count). The third kappa shape index (κ3) is 6.62. The van der Waals surface area contributed by atoms with Gasteiger partial charge in [0.05, 0.1) is 0 Å². The van der Waals surface area contributed by atoms with E-state index in [-0.39, 0.29) is 26.4 Å². The van der Waals surface area contributed by atoms with E-state index in [1.165, 1.54) is 0 Å². The molecule has 236 valence electrons. The van der Waals surface area contributed by atoms with Gasteiger partial charge < -0.3 is 29.2 Å². The predicted molar refractivity (Wildman–Crippen MR) is 188 cm³/mol. The summed E-state index contributed by atoms with van der Waals surface area (Å²) in [5.41, 5.74) is 0. The van der Waals surface area contributed by atoms with Gasteiger partial charge in [-0.3, -0.25) is 0 Å². The maximum atomic E-state index is 10.9. The van der Waals surface area contributed by atoms with Crippen molar-refractivity contribution in [1.82, 2.24) is 0 Å². The summed E-state index contributed by atoms with van der Waals surface area (Å²) in [6.45, 7) is 0.137. The van der Waals surface area contributed by atoms with Crippen molar-refractivity contribution in [3.63, 3.8) is 0 Å². The van der Waals surface area contributed by atoms with Crippen LogP contribution in [0.5, 0.6) is 23.0 Å². The molecule has 47 heavy (non-hydrogen) atoms. The van der Waals surface area contributed by atoms with Crippen LogP contribution >= 0.6 is 11.6 Å². The molecule has 0 bridgehead atoms. The fraction of sp³-hybridized carbons (Fsp3) is 0.150. The van der Waals surface area contributed by atoms with Crippen molar-refractivity contribution < 1.29 is 29.2 Å². The van der Waals surface area contributed by atoms with Crippen LogP contribution in [0.1, 0.15) is 0 Å². The molecule has 7 aromatic rings. The van der Waals surface area contributed by atoms with Gasteiger partial charge in [0.2, 0.25) is 0 Å². The molecule has 0 aliphatic carbocycles. The van der Waals surface area contributed by atoms with Gasteiger partial charge >= 0.3 is 0 Å². The van der Waals surface area contributed by atoms with Gasteiger partial charge in [-0.15, -0.1) is 0 Å². The molecule has 0 saturated carbocycles. The number of aliphatic hydroxyl groups excluding tert-OH is 2. The second kappa shape index (κ2) is 13.8. The minimum atomic E-state index is -0.894. The number of aliphatic hydroxyl groups is 2. The Balaban J connectivity index is 1.09. The molecule has 2 N–H and O–H groups in total. The number of rotatable bonds is 12. The van der Waals surface area contributed by atoms with E-state index >= 15 is 0 Å². The van der Waals surface area contributed by atoms with Crippen LogP contribution in [0.15, 0.2) is 127 Å². The van der Waals surface area contributed by atoms with Crippen LogP contribution in [0.3, 0.4) is 0 Å². The minimum absolute atomic E-state index is 0.000792. The van der Waals surface area contributed by atoms with Crippen molar-refractivity contribution in [3.8, 4) is 23.0 Å². The fourth-order valence-corrected chi connectivity index (χ4v) is 6.03. The molecule has 0 spiro atoms. The van der Waals surface area contributed by atoms with E-state index < -0.39 is 12.2 Å². The zero-order valence-electron chi connectivity index (χ0n) is 25.5. The average molecular weight is 645 g/mol. The molecule has 2 atom stereocenters. The zero-order chi connectivity index (χ0) is 32.2. The van der Waals surface area contributed by atoms with Gasteiger partial charge in [0.25, 0.3) is 0 Å². The summed E-state index contributed by atoms with van der Waals surface area (Å²) >= 11 is 6.47. The molecule has 0 fully saturated rings. The van der Waals surface area contributed by atoms with Crippen LogP contribution in [0.25, 0.3) is 43.1 Å². The second-order valence-corrected chi connectivity index (χ2v) is 11.8. The summed E-state index contributed by atoms with van der Waals surface area (Å²) in [6.07, 6.45) is -1.78. The van der Waals surface area contributed by atoms with Crippen LogP contribution in [0.4, 0.5) is 0 Å². The lowest BCUT2D eigenvalue weighted by Crippen LogP contribution is -2.25. The molecule has 0 amide bonds. The lowest BCUT2D eigenvalue weighted by Gasteiger charge is -2.21. The summed E-state index contributed by atoms with van der Waals surface area (Å²) in [5, 5.41) is 29.5. The first-order valence-corrected chi connectivity index (χ1v) is 15.9.